The van der Waals surface area contributed by atoms with E-state index in [1.807, 2.05) is 0 Å². The molecule has 2 heterocycles. The van der Waals surface area contributed by atoms with Crippen molar-refractivity contribution < 1.29 is 9.32 Å². The van der Waals surface area contributed by atoms with E-state index >= 15 is 0 Å². The number of nitrogens with zero attached hydrogens (tertiary/aromatic N) is 1. The Balaban J connectivity index is 1.78. The number of carbonyl (C=O) groups is 1. The summed E-state index contributed by atoms with van der Waals surface area (Å²) in [6.07, 6.45) is 2.11. The third-order valence-electron chi connectivity index (χ3n) is 4.29. The average Bonchev–Trinajstić information content (AvgIpc) is 3.17. The van der Waals surface area contributed by atoms with Gasteiger partial charge in [0.15, 0.2) is 0 Å². The Morgan fingerprint density at radius 2 is 2.17 bits per heavy atom. The second-order valence-electron chi connectivity index (χ2n) is 5.96. The van der Waals surface area contributed by atoms with Crippen LogP contribution in [0.15, 0.2) is 22.7 Å². The Morgan fingerprint density at radius 1 is 1.42 bits per heavy atom. The zero-order valence-electron chi connectivity index (χ0n) is 13.4. The van der Waals surface area contributed by atoms with Crippen LogP contribution in [0.5, 0.6) is 0 Å². The van der Waals surface area contributed by atoms with Crippen molar-refractivity contribution in [2.24, 2.45) is 5.92 Å². The van der Waals surface area contributed by atoms with E-state index in [4.69, 9.17) is 27.7 Å². The van der Waals surface area contributed by atoms with Crippen molar-refractivity contribution in [2.75, 3.05) is 19.6 Å². The lowest BCUT2D eigenvalue weighted by Gasteiger charge is -2.10. The minimum atomic E-state index is -0.217. The molecule has 3 rings (SSSR count). The molecule has 1 aliphatic heterocycles. The first-order valence-electron chi connectivity index (χ1n) is 7.97. The number of halogens is 2. The summed E-state index contributed by atoms with van der Waals surface area (Å²) in [5, 5.41) is 11.1. The third-order valence-corrected chi connectivity index (χ3v) is 4.92. The summed E-state index contributed by atoms with van der Waals surface area (Å²) in [6, 6.07) is 5.17. The summed E-state index contributed by atoms with van der Waals surface area (Å²) >= 11 is 12.5. The van der Waals surface area contributed by atoms with E-state index in [0.29, 0.717) is 45.1 Å². The number of hydrogen-bond donors (Lipinski definition) is 2. The predicted molar refractivity (Wildman–Crippen MR) is 94.6 cm³/mol. The number of nitrogens with one attached hydrogen (secondary N) is 2. The van der Waals surface area contributed by atoms with Gasteiger partial charge >= 0.3 is 0 Å². The van der Waals surface area contributed by atoms with Crippen LogP contribution < -0.4 is 10.6 Å². The number of aryl methyl sites for hydroxylation is 1. The van der Waals surface area contributed by atoms with Gasteiger partial charge in [-0.2, -0.15) is 0 Å². The van der Waals surface area contributed by atoms with Crippen LogP contribution in [0.3, 0.4) is 0 Å². The molecule has 1 atom stereocenters. The van der Waals surface area contributed by atoms with Gasteiger partial charge in [0.05, 0.1) is 10.0 Å². The zero-order chi connectivity index (χ0) is 17.1. The maximum Gasteiger partial charge on any atom is 0.257 e. The summed E-state index contributed by atoms with van der Waals surface area (Å²) in [6.45, 7) is 4.39. The molecule has 24 heavy (non-hydrogen) atoms. The van der Waals surface area contributed by atoms with Crippen LogP contribution in [0, 0.1) is 12.8 Å². The topological polar surface area (TPSA) is 67.2 Å². The normalized spacial score (nSPS) is 17.2. The van der Waals surface area contributed by atoms with Crippen LogP contribution in [-0.2, 0) is 0 Å². The van der Waals surface area contributed by atoms with Crippen molar-refractivity contribution >= 4 is 29.1 Å². The largest absolute Gasteiger partial charge is 0.360 e. The average molecular weight is 368 g/mol. The van der Waals surface area contributed by atoms with E-state index in [0.717, 1.165) is 25.9 Å². The molecule has 0 bridgehead atoms. The molecule has 1 fully saturated rings. The fourth-order valence-corrected chi connectivity index (χ4v) is 3.55. The highest BCUT2D eigenvalue weighted by atomic mass is 35.5. The quantitative estimate of drug-likeness (QED) is 0.845. The van der Waals surface area contributed by atoms with E-state index in [-0.39, 0.29) is 5.91 Å². The van der Waals surface area contributed by atoms with Crippen molar-refractivity contribution in [1.29, 1.82) is 0 Å². The first-order chi connectivity index (χ1) is 11.6. The summed E-state index contributed by atoms with van der Waals surface area (Å²) in [7, 11) is 0. The molecular formula is C17H19Cl2N3O2. The van der Waals surface area contributed by atoms with Crippen LogP contribution in [-0.4, -0.2) is 30.7 Å². The summed E-state index contributed by atoms with van der Waals surface area (Å²) in [5.41, 5.74) is 1.28. The first kappa shape index (κ1) is 17.3. The molecule has 2 aromatic rings. The molecule has 1 aliphatic rings. The Labute approximate surface area is 150 Å². The molecule has 2 N–H and O–H groups in total. The van der Waals surface area contributed by atoms with Crippen LogP contribution >= 0.6 is 23.2 Å². The fraction of sp³-hybridized carbons (Fsp3) is 0.412. The number of hydrogen-bond acceptors (Lipinski definition) is 4. The number of amides is 1. The molecule has 0 saturated carbocycles. The first-order valence-corrected chi connectivity index (χ1v) is 8.73. The molecule has 5 nitrogen and oxygen atoms in total. The summed E-state index contributed by atoms with van der Waals surface area (Å²) in [4.78, 5) is 12.6. The monoisotopic (exact) mass is 367 g/mol. The minimum absolute atomic E-state index is 0.217. The second kappa shape index (κ2) is 7.55. The highest BCUT2D eigenvalue weighted by Crippen LogP contribution is 2.36. The lowest BCUT2D eigenvalue weighted by Crippen LogP contribution is -2.27. The van der Waals surface area contributed by atoms with E-state index in [1.54, 1.807) is 25.1 Å². The van der Waals surface area contributed by atoms with E-state index in [9.17, 15) is 4.79 Å². The minimum Gasteiger partial charge on any atom is -0.360 e. The highest BCUT2D eigenvalue weighted by Gasteiger charge is 2.25. The van der Waals surface area contributed by atoms with E-state index in [1.165, 1.54) is 0 Å². The van der Waals surface area contributed by atoms with Gasteiger partial charge in [-0.3, -0.25) is 4.79 Å². The van der Waals surface area contributed by atoms with Crippen molar-refractivity contribution in [1.82, 2.24) is 15.8 Å². The smallest absolute Gasteiger partial charge is 0.257 e. The van der Waals surface area contributed by atoms with E-state index < -0.39 is 0 Å². The van der Waals surface area contributed by atoms with Crippen LogP contribution in [0.2, 0.25) is 10.0 Å². The Kier molecular flexibility index (Phi) is 5.43. The zero-order valence-corrected chi connectivity index (χ0v) is 14.9. The molecule has 128 valence electrons. The standard InChI is InChI=1S/C17H19Cl2N3O2/c1-10-14(17(23)21-8-6-11-5-7-20-9-11)16(22-24-10)15-12(18)3-2-4-13(15)19/h2-4,11,20H,5-9H2,1H3,(H,21,23). The molecule has 1 aromatic carbocycles. The van der Waals surface area contributed by atoms with Crippen molar-refractivity contribution in [3.8, 4) is 11.3 Å². The number of rotatable bonds is 5. The molecule has 1 aromatic heterocycles. The maximum atomic E-state index is 12.6. The lowest BCUT2D eigenvalue weighted by atomic mass is 10.0. The lowest BCUT2D eigenvalue weighted by molar-refractivity contribution is 0.0950. The molecule has 0 aliphatic carbocycles. The van der Waals surface area contributed by atoms with Gasteiger partial charge < -0.3 is 15.2 Å². The molecule has 1 saturated heterocycles. The SMILES string of the molecule is Cc1onc(-c2c(Cl)cccc2Cl)c1C(=O)NCCC1CCNC1. The Morgan fingerprint density at radius 3 is 2.83 bits per heavy atom. The fourth-order valence-electron chi connectivity index (χ4n) is 2.97. The molecule has 7 heteroatoms. The molecule has 0 spiro atoms. The molecule has 1 unspecified atom stereocenters. The van der Waals surface area contributed by atoms with Crippen LogP contribution in [0.1, 0.15) is 29.0 Å². The van der Waals surface area contributed by atoms with Gasteiger partial charge in [-0.1, -0.05) is 34.4 Å². The molecular weight excluding hydrogens is 349 g/mol. The Hall–Kier alpha value is -1.56. The number of aromatic nitrogens is 1. The number of carbonyl (C=O) groups excluding carboxylic acids is 1. The van der Waals surface area contributed by atoms with Gasteiger partial charge in [0, 0.05) is 12.1 Å². The summed E-state index contributed by atoms with van der Waals surface area (Å²) < 4.78 is 5.22. The van der Waals surface area contributed by atoms with Crippen molar-refractivity contribution in [3.63, 3.8) is 0 Å². The number of benzene rings is 1. The van der Waals surface area contributed by atoms with Gasteiger partial charge in [-0.25, -0.2) is 0 Å². The highest BCUT2D eigenvalue weighted by molar-refractivity contribution is 6.39. The second-order valence-corrected chi connectivity index (χ2v) is 6.78. The maximum absolute atomic E-state index is 12.6. The van der Waals surface area contributed by atoms with Crippen molar-refractivity contribution in [3.05, 3.63) is 39.6 Å². The summed E-state index contributed by atoms with van der Waals surface area (Å²) in [5.74, 6) is 0.845. The van der Waals surface area contributed by atoms with Crippen LogP contribution in [0.25, 0.3) is 11.3 Å². The van der Waals surface area contributed by atoms with Gasteiger partial charge in [0.25, 0.3) is 5.91 Å². The molecule has 1 amide bonds. The van der Waals surface area contributed by atoms with Gasteiger partial charge in [-0.05, 0) is 50.9 Å². The molecule has 0 radical (unpaired) electrons. The van der Waals surface area contributed by atoms with E-state index in [2.05, 4.69) is 15.8 Å². The van der Waals surface area contributed by atoms with Crippen molar-refractivity contribution in [2.45, 2.75) is 19.8 Å². The van der Waals surface area contributed by atoms with Gasteiger partial charge in [0.1, 0.15) is 17.0 Å². The van der Waals surface area contributed by atoms with Gasteiger partial charge in [0.2, 0.25) is 0 Å². The van der Waals surface area contributed by atoms with Crippen LogP contribution in [0.4, 0.5) is 0 Å². The van der Waals surface area contributed by atoms with Gasteiger partial charge in [-0.15, -0.1) is 0 Å². The third kappa shape index (κ3) is 3.58. The Bertz CT molecular complexity index is 719. The predicted octanol–water partition coefficient (Wildman–Crippen LogP) is 3.69.